The first-order chi connectivity index (χ1) is 16.6. The molecule has 2 aromatic heterocycles. The highest BCUT2D eigenvalue weighted by molar-refractivity contribution is 7.17. The molecule has 0 bridgehead atoms. The lowest BCUT2D eigenvalue weighted by molar-refractivity contribution is -0.884. The van der Waals surface area contributed by atoms with Crippen LogP contribution in [-0.4, -0.2) is 69.9 Å². The van der Waals surface area contributed by atoms with Gasteiger partial charge in [-0.05, 0) is 25.5 Å². The predicted molar refractivity (Wildman–Crippen MR) is 137 cm³/mol. The van der Waals surface area contributed by atoms with Gasteiger partial charge in [0.15, 0.2) is 5.13 Å². The largest absolute Gasteiger partial charge is 0.632 e. The number of amides is 1. The van der Waals surface area contributed by atoms with Crippen molar-refractivity contribution < 1.29 is 14.5 Å². The van der Waals surface area contributed by atoms with Gasteiger partial charge in [-0.1, -0.05) is 35.1 Å². The number of aromatic nitrogens is 3. The molecule has 1 aliphatic rings. The monoisotopic (exact) mass is 519 g/mol. The van der Waals surface area contributed by atoms with Crippen LogP contribution in [0, 0.1) is 24.3 Å². The Labute approximate surface area is 211 Å². The van der Waals surface area contributed by atoms with Gasteiger partial charge in [-0.2, -0.15) is 4.98 Å². The molecule has 186 valence electrons. The van der Waals surface area contributed by atoms with Crippen LogP contribution >= 0.6 is 22.9 Å². The molecule has 11 nitrogen and oxygen atoms in total. The van der Waals surface area contributed by atoms with Gasteiger partial charge in [0.1, 0.15) is 49.2 Å². The highest BCUT2D eigenvalue weighted by Crippen LogP contribution is 2.30. The summed E-state index contributed by atoms with van der Waals surface area (Å²) in [6, 6.07) is 6.91. The summed E-state index contributed by atoms with van der Waals surface area (Å²) >= 11 is 7.33. The summed E-state index contributed by atoms with van der Waals surface area (Å²) in [4.78, 5) is 26.0. The number of carbonyl (C=O) groups is 1. The molecule has 3 N–H and O–H groups in total. The number of nitrogens with zero attached hydrogens (tertiary/aromatic N) is 5. The fraction of sp³-hybridized carbons (Fsp3) is 0.364. The van der Waals surface area contributed by atoms with E-state index in [2.05, 4.69) is 25.6 Å². The van der Waals surface area contributed by atoms with E-state index in [4.69, 9.17) is 16.7 Å². The van der Waals surface area contributed by atoms with Gasteiger partial charge < -0.3 is 35.4 Å². The number of hydrogen-bond acceptors (Lipinski definition) is 9. The van der Waals surface area contributed by atoms with E-state index >= 15 is 0 Å². The van der Waals surface area contributed by atoms with Crippen molar-refractivity contribution in [3.63, 3.8) is 0 Å². The number of anilines is 3. The Morgan fingerprint density at radius 1 is 1.20 bits per heavy atom. The first-order valence-corrected chi connectivity index (χ1v) is 12.2. The van der Waals surface area contributed by atoms with Crippen molar-refractivity contribution in [2.75, 3.05) is 50.0 Å². The van der Waals surface area contributed by atoms with Gasteiger partial charge in [0, 0.05) is 0 Å². The van der Waals surface area contributed by atoms with Gasteiger partial charge in [-0.25, -0.2) is 9.97 Å². The van der Waals surface area contributed by atoms with Crippen LogP contribution < -0.4 is 15.3 Å². The summed E-state index contributed by atoms with van der Waals surface area (Å²) in [6.07, 6.45) is 1.45. The Balaban J connectivity index is 1.48. The van der Waals surface area contributed by atoms with Crippen LogP contribution in [-0.2, 0) is 0 Å². The molecule has 1 aromatic carbocycles. The summed E-state index contributed by atoms with van der Waals surface area (Å²) < 4.78 is -1.32. The summed E-state index contributed by atoms with van der Waals surface area (Å²) in [5.74, 6) is 0.670. The number of rotatable bonds is 7. The van der Waals surface area contributed by atoms with Crippen molar-refractivity contribution in [3.05, 3.63) is 62.2 Å². The third-order valence-corrected chi connectivity index (χ3v) is 7.14. The van der Waals surface area contributed by atoms with E-state index < -0.39 is 9.29 Å². The molecule has 0 radical (unpaired) electrons. The second-order valence-corrected chi connectivity index (χ2v) is 9.93. The number of hydroxylamine groups is 5. The van der Waals surface area contributed by atoms with Crippen molar-refractivity contribution in [2.24, 2.45) is 0 Å². The fourth-order valence-corrected chi connectivity index (χ4v) is 4.87. The highest BCUT2D eigenvalue weighted by atomic mass is 35.5. The van der Waals surface area contributed by atoms with E-state index in [9.17, 15) is 15.2 Å². The molecule has 1 fully saturated rings. The molecule has 3 aromatic rings. The molecule has 0 aliphatic carbocycles. The fourth-order valence-electron chi connectivity index (χ4n) is 3.88. The predicted octanol–water partition coefficient (Wildman–Crippen LogP) is 3.32. The van der Waals surface area contributed by atoms with Gasteiger partial charge >= 0.3 is 0 Å². The quantitative estimate of drug-likeness (QED) is 0.318. The van der Waals surface area contributed by atoms with E-state index in [0.717, 1.165) is 16.9 Å². The maximum Gasteiger partial charge on any atom is 0.267 e. The number of benzene rings is 1. The zero-order valence-corrected chi connectivity index (χ0v) is 20.9. The molecule has 1 amide bonds. The third kappa shape index (κ3) is 5.76. The SMILES string of the molecule is Cc1nc(Nc2ncc(C(=O)Nc3c(C)cccc3Cl)s2)cc([N+]2([O-])CC[N+]([O-])(CCO)CC2)n1. The van der Waals surface area contributed by atoms with Gasteiger partial charge in [0.05, 0.1) is 29.6 Å². The summed E-state index contributed by atoms with van der Waals surface area (Å²) in [6.45, 7) is 3.71. The topological polar surface area (TPSA) is 146 Å². The van der Waals surface area contributed by atoms with Crippen molar-refractivity contribution in [3.8, 4) is 0 Å². The molecule has 0 atom stereocenters. The average Bonchev–Trinajstić information content (AvgIpc) is 3.27. The van der Waals surface area contributed by atoms with Crippen LogP contribution in [0.1, 0.15) is 21.1 Å². The molecular formula is C22H26ClN7O4S. The maximum absolute atomic E-state index is 13.4. The standard InChI is InChI=1S/C22H26ClN7O4S/c1-14-4-3-5-16(23)20(14)28-21(32)17-13-24-22(35-17)27-18-12-19(26-15(2)25-18)30(34)8-6-29(33,7-9-30)10-11-31/h3-5,12-13,31H,6-11H2,1-2H3,(H,28,32)(H,24,25,26,27). The van der Waals surface area contributed by atoms with Crippen LogP contribution in [0.4, 0.5) is 22.5 Å². The summed E-state index contributed by atoms with van der Waals surface area (Å²) in [7, 11) is 0. The minimum Gasteiger partial charge on any atom is -0.632 e. The van der Waals surface area contributed by atoms with E-state index in [0.29, 0.717) is 32.4 Å². The summed E-state index contributed by atoms with van der Waals surface area (Å²) in [5, 5.41) is 41.8. The first-order valence-electron chi connectivity index (χ1n) is 11.0. The number of aryl methyl sites for hydroxylation is 2. The van der Waals surface area contributed by atoms with Crippen LogP contribution in [0.3, 0.4) is 0 Å². The van der Waals surface area contributed by atoms with Crippen LogP contribution in [0.15, 0.2) is 30.5 Å². The molecule has 0 spiro atoms. The maximum atomic E-state index is 13.4. The molecule has 4 rings (SSSR count). The van der Waals surface area contributed by atoms with Gasteiger partial charge in [0.2, 0.25) is 5.82 Å². The second-order valence-electron chi connectivity index (χ2n) is 8.49. The molecule has 35 heavy (non-hydrogen) atoms. The molecule has 3 heterocycles. The number of hydrogen-bond donors (Lipinski definition) is 3. The van der Waals surface area contributed by atoms with Crippen molar-refractivity contribution in [1.29, 1.82) is 0 Å². The van der Waals surface area contributed by atoms with E-state index in [1.807, 2.05) is 19.1 Å². The number of aliphatic hydroxyl groups excluding tert-OH is 1. The Bertz CT molecular complexity index is 1210. The first kappa shape index (κ1) is 25.4. The Morgan fingerprint density at radius 3 is 2.63 bits per heavy atom. The van der Waals surface area contributed by atoms with Gasteiger partial charge in [-0.15, -0.1) is 0 Å². The molecule has 1 aliphatic heterocycles. The molecule has 1 saturated heterocycles. The zero-order valence-electron chi connectivity index (χ0n) is 19.3. The number of piperazine rings is 1. The van der Waals surface area contributed by atoms with E-state index in [1.54, 1.807) is 19.1 Å². The molecule has 0 unspecified atom stereocenters. The third-order valence-electron chi connectivity index (χ3n) is 5.91. The van der Waals surface area contributed by atoms with E-state index in [1.165, 1.54) is 6.20 Å². The van der Waals surface area contributed by atoms with E-state index in [-0.39, 0.29) is 51.1 Å². The lowest BCUT2D eigenvalue weighted by atomic mass is 10.2. The van der Waals surface area contributed by atoms with Crippen LogP contribution in [0.25, 0.3) is 0 Å². The van der Waals surface area contributed by atoms with Crippen molar-refractivity contribution in [2.45, 2.75) is 13.8 Å². The van der Waals surface area contributed by atoms with Gasteiger partial charge in [0.25, 0.3) is 5.91 Å². The number of carbonyl (C=O) groups excluding carboxylic acids is 1. The average molecular weight is 520 g/mol. The van der Waals surface area contributed by atoms with Crippen molar-refractivity contribution >= 4 is 51.3 Å². The van der Waals surface area contributed by atoms with Crippen LogP contribution in [0.5, 0.6) is 0 Å². The second kappa shape index (κ2) is 10.1. The minimum absolute atomic E-state index is 0.0580. The lowest BCUT2D eigenvalue weighted by Crippen LogP contribution is -2.64. The number of halogens is 1. The smallest absolute Gasteiger partial charge is 0.267 e. The normalized spacial score (nSPS) is 22.1. The van der Waals surface area contributed by atoms with Gasteiger partial charge in [-0.3, -0.25) is 4.79 Å². The summed E-state index contributed by atoms with van der Waals surface area (Å²) in [5.41, 5.74) is 1.39. The van der Waals surface area contributed by atoms with Crippen LogP contribution in [0.2, 0.25) is 5.02 Å². The minimum atomic E-state index is -0.742. The van der Waals surface area contributed by atoms with Crippen molar-refractivity contribution in [1.82, 2.24) is 19.6 Å². The number of aliphatic hydroxyl groups is 1. The number of quaternary nitrogens is 2. The lowest BCUT2D eigenvalue weighted by Gasteiger charge is -2.53. The number of para-hydroxylation sites is 1. The Hall–Kier alpha value is -2.71. The molecular weight excluding hydrogens is 494 g/mol. The Morgan fingerprint density at radius 2 is 1.94 bits per heavy atom. The zero-order chi connectivity index (χ0) is 25.2. The highest BCUT2D eigenvalue weighted by Gasteiger charge is 2.35. The molecule has 13 heteroatoms. The molecule has 0 saturated carbocycles. The number of thiazole rings is 1. The number of nitrogens with one attached hydrogen (secondary N) is 2. The Kier molecular flexibility index (Phi) is 7.33.